The summed E-state index contributed by atoms with van der Waals surface area (Å²) in [6.45, 7) is 4.18. The molecule has 3 N–H and O–H groups in total. The van der Waals surface area contributed by atoms with Gasteiger partial charge in [-0.25, -0.2) is 0 Å². The molecule has 0 heterocycles. The summed E-state index contributed by atoms with van der Waals surface area (Å²) in [5.41, 5.74) is 0. The molecule has 68 heavy (non-hydrogen) atoms. The van der Waals surface area contributed by atoms with Crippen LogP contribution in [-0.2, 0) is 4.79 Å². The SMILES string of the molecule is CC/C=C\C/C=C\C/C=C\C/C=C\C/C=C\C/C=C\C/C=C\C/C=C\CCCCCCC(=O)NC(CO)C(O)/C=C/CC/C=C/CCCCCCCCCCCCCCCCCCCCCCC. The van der Waals surface area contributed by atoms with Gasteiger partial charge in [0.1, 0.15) is 0 Å². The molecule has 4 nitrogen and oxygen atoms in total. The Morgan fingerprint density at radius 3 is 1.03 bits per heavy atom. The van der Waals surface area contributed by atoms with Crippen LogP contribution in [0.15, 0.2) is 122 Å². The fourth-order valence-electron chi connectivity index (χ4n) is 8.09. The second-order valence-electron chi connectivity index (χ2n) is 19.0. The first kappa shape index (κ1) is 64.8. The number of carbonyl (C=O) groups excluding carboxylic acids is 1. The first-order valence-corrected chi connectivity index (χ1v) is 28.7. The summed E-state index contributed by atoms with van der Waals surface area (Å²) in [5.74, 6) is -0.102. The number of aliphatic hydroxyl groups is 2. The molecule has 1 amide bonds. The molecule has 0 rings (SSSR count). The van der Waals surface area contributed by atoms with Gasteiger partial charge >= 0.3 is 0 Å². The number of hydrogen-bond donors (Lipinski definition) is 3. The van der Waals surface area contributed by atoms with Gasteiger partial charge in [0.15, 0.2) is 0 Å². The van der Waals surface area contributed by atoms with Crippen LogP contribution in [-0.4, -0.2) is 34.9 Å². The van der Waals surface area contributed by atoms with Gasteiger partial charge in [-0.2, -0.15) is 0 Å². The van der Waals surface area contributed by atoms with Crippen molar-refractivity contribution in [1.82, 2.24) is 5.32 Å². The second-order valence-corrected chi connectivity index (χ2v) is 19.0. The average Bonchev–Trinajstić information content (AvgIpc) is 3.34. The smallest absolute Gasteiger partial charge is 0.220 e. The highest BCUT2D eigenvalue weighted by Crippen LogP contribution is 2.16. The van der Waals surface area contributed by atoms with Crippen LogP contribution >= 0.6 is 0 Å². The topological polar surface area (TPSA) is 69.6 Å². The minimum absolute atomic E-state index is 0.102. The number of unbranched alkanes of at least 4 members (excludes halogenated alkanes) is 26. The Morgan fingerprint density at radius 1 is 0.368 bits per heavy atom. The summed E-state index contributed by atoms with van der Waals surface area (Å²) >= 11 is 0. The lowest BCUT2D eigenvalue weighted by atomic mass is 10.0. The van der Waals surface area contributed by atoms with Crippen molar-refractivity contribution in [1.29, 1.82) is 0 Å². The first-order chi connectivity index (χ1) is 33.7. The van der Waals surface area contributed by atoms with Crippen LogP contribution in [0.1, 0.15) is 258 Å². The van der Waals surface area contributed by atoms with Crippen LogP contribution < -0.4 is 5.32 Å². The molecule has 0 aliphatic heterocycles. The molecular formula is C64H109NO3. The van der Waals surface area contributed by atoms with Crippen molar-refractivity contribution >= 4 is 5.91 Å². The van der Waals surface area contributed by atoms with Gasteiger partial charge in [-0.15, -0.1) is 0 Å². The maximum atomic E-state index is 12.5. The van der Waals surface area contributed by atoms with Crippen molar-refractivity contribution in [2.45, 2.75) is 270 Å². The van der Waals surface area contributed by atoms with E-state index < -0.39 is 12.1 Å². The zero-order valence-corrected chi connectivity index (χ0v) is 44.6. The van der Waals surface area contributed by atoms with E-state index in [9.17, 15) is 15.0 Å². The van der Waals surface area contributed by atoms with E-state index >= 15 is 0 Å². The fraction of sp³-hybridized carbons (Fsp3) is 0.672. The molecule has 0 aliphatic carbocycles. The molecule has 388 valence electrons. The third kappa shape index (κ3) is 53.7. The molecule has 0 spiro atoms. The second kappa shape index (κ2) is 58.1. The Kier molecular flexibility index (Phi) is 55.4. The summed E-state index contributed by atoms with van der Waals surface area (Å²) in [4.78, 5) is 12.5. The molecule has 0 aromatic carbocycles. The van der Waals surface area contributed by atoms with Crippen molar-refractivity contribution in [2.24, 2.45) is 0 Å². The Morgan fingerprint density at radius 2 is 0.662 bits per heavy atom. The summed E-state index contributed by atoms with van der Waals surface area (Å²) < 4.78 is 0. The molecule has 0 radical (unpaired) electrons. The van der Waals surface area contributed by atoms with Crippen LogP contribution in [0.4, 0.5) is 0 Å². The maximum absolute atomic E-state index is 12.5. The quantitative estimate of drug-likeness (QED) is 0.0420. The lowest BCUT2D eigenvalue weighted by Gasteiger charge is -2.19. The summed E-state index contributed by atoms with van der Waals surface area (Å²) in [6.07, 6.45) is 89.3. The Labute approximate surface area is 422 Å². The van der Waals surface area contributed by atoms with Crippen LogP contribution in [0.2, 0.25) is 0 Å². The van der Waals surface area contributed by atoms with Crippen molar-refractivity contribution in [3.8, 4) is 0 Å². The van der Waals surface area contributed by atoms with Gasteiger partial charge in [0.05, 0.1) is 18.8 Å². The van der Waals surface area contributed by atoms with Crippen LogP contribution in [0.3, 0.4) is 0 Å². The molecule has 0 bridgehead atoms. The zero-order valence-electron chi connectivity index (χ0n) is 44.6. The van der Waals surface area contributed by atoms with Gasteiger partial charge in [-0.1, -0.05) is 277 Å². The maximum Gasteiger partial charge on any atom is 0.220 e. The number of amides is 1. The van der Waals surface area contributed by atoms with Gasteiger partial charge < -0.3 is 15.5 Å². The van der Waals surface area contributed by atoms with Gasteiger partial charge in [0.2, 0.25) is 5.91 Å². The highest BCUT2D eigenvalue weighted by atomic mass is 16.3. The van der Waals surface area contributed by atoms with Crippen molar-refractivity contribution in [3.63, 3.8) is 0 Å². The molecule has 0 aromatic heterocycles. The lowest BCUT2D eigenvalue weighted by molar-refractivity contribution is -0.123. The molecular weight excluding hydrogens is 831 g/mol. The Hall–Kier alpha value is -3.21. The van der Waals surface area contributed by atoms with Crippen LogP contribution in [0.5, 0.6) is 0 Å². The van der Waals surface area contributed by atoms with E-state index in [1.165, 1.54) is 135 Å². The van der Waals surface area contributed by atoms with E-state index in [1.807, 2.05) is 6.08 Å². The van der Waals surface area contributed by atoms with E-state index in [4.69, 9.17) is 0 Å². The Bertz CT molecular complexity index is 1340. The highest BCUT2D eigenvalue weighted by molar-refractivity contribution is 5.76. The number of allylic oxidation sites excluding steroid dienone is 19. The van der Waals surface area contributed by atoms with Gasteiger partial charge in [0, 0.05) is 6.42 Å². The molecule has 0 saturated heterocycles. The monoisotopic (exact) mass is 940 g/mol. The van der Waals surface area contributed by atoms with Gasteiger partial charge in [-0.3, -0.25) is 4.79 Å². The predicted molar refractivity (Wildman–Crippen MR) is 303 cm³/mol. The van der Waals surface area contributed by atoms with E-state index in [2.05, 4.69) is 129 Å². The molecule has 0 saturated carbocycles. The van der Waals surface area contributed by atoms with Crippen molar-refractivity contribution < 1.29 is 15.0 Å². The molecule has 4 heteroatoms. The first-order valence-electron chi connectivity index (χ1n) is 28.7. The minimum atomic E-state index is -0.884. The molecule has 2 unspecified atom stereocenters. The normalized spacial score (nSPS) is 13.8. The number of carbonyl (C=O) groups is 1. The number of aliphatic hydroxyl groups excluding tert-OH is 2. The van der Waals surface area contributed by atoms with Crippen LogP contribution in [0.25, 0.3) is 0 Å². The number of hydrogen-bond acceptors (Lipinski definition) is 3. The van der Waals surface area contributed by atoms with Crippen molar-refractivity contribution in [3.05, 3.63) is 122 Å². The summed E-state index contributed by atoms with van der Waals surface area (Å²) in [6, 6.07) is -0.664. The van der Waals surface area contributed by atoms with E-state index in [-0.39, 0.29) is 12.5 Å². The standard InChI is InChI=1S/C64H109NO3/c1-3-5-7-9-11-13-15-17-19-21-23-25-27-29-31-32-34-36-38-40-42-44-46-48-50-52-54-56-58-60-64(68)65-62(61-66)63(67)59-57-55-53-51-49-47-45-43-41-39-37-35-33-30-28-26-24-22-20-18-16-14-12-10-8-6-4-2/h5,7,11,13,17,19,23,25,29,31,34,36,40,42,46,48-49,51,57,59,62-63,66-67H,3-4,6,8-10,12,14-16,18,20-22,24,26-28,30,32-33,35,37-39,41,43-45,47,50,52-56,58,60-61H2,1-2H3,(H,65,68)/b7-5-,13-11-,19-17-,25-23-,31-29-,36-34-,42-40-,48-46-,51-49+,59-57+. The average molecular weight is 941 g/mol. The van der Waals surface area contributed by atoms with E-state index in [1.54, 1.807) is 6.08 Å². The third-order valence-electron chi connectivity index (χ3n) is 12.4. The van der Waals surface area contributed by atoms with Crippen LogP contribution in [0, 0.1) is 0 Å². The Balaban J connectivity index is 3.66. The van der Waals surface area contributed by atoms with E-state index in [0.717, 1.165) is 103 Å². The summed E-state index contributed by atoms with van der Waals surface area (Å²) in [5, 5.41) is 23.1. The highest BCUT2D eigenvalue weighted by Gasteiger charge is 2.17. The minimum Gasteiger partial charge on any atom is -0.394 e. The predicted octanol–water partition coefficient (Wildman–Crippen LogP) is 19.2. The fourth-order valence-corrected chi connectivity index (χ4v) is 8.09. The molecule has 0 aliphatic rings. The van der Waals surface area contributed by atoms with Gasteiger partial charge in [0.25, 0.3) is 0 Å². The third-order valence-corrected chi connectivity index (χ3v) is 12.4. The molecule has 0 aromatic rings. The summed E-state index contributed by atoms with van der Waals surface area (Å²) in [7, 11) is 0. The largest absolute Gasteiger partial charge is 0.394 e. The zero-order chi connectivity index (χ0) is 49.2. The van der Waals surface area contributed by atoms with E-state index in [0.29, 0.717) is 6.42 Å². The number of rotatable bonds is 51. The van der Waals surface area contributed by atoms with Crippen molar-refractivity contribution in [2.75, 3.05) is 6.61 Å². The number of nitrogens with one attached hydrogen (secondary N) is 1. The van der Waals surface area contributed by atoms with Gasteiger partial charge in [-0.05, 0) is 96.3 Å². The lowest BCUT2D eigenvalue weighted by Crippen LogP contribution is -2.45. The molecule has 2 atom stereocenters. The molecule has 0 fully saturated rings.